The zero-order chi connectivity index (χ0) is 17.1. The van der Waals surface area contributed by atoms with E-state index >= 15 is 0 Å². The van der Waals surface area contributed by atoms with Gasteiger partial charge in [0.05, 0.1) is 7.11 Å². The summed E-state index contributed by atoms with van der Waals surface area (Å²) in [5.41, 5.74) is 2.33. The van der Waals surface area contributed by atoms with Crippen molar-refractivity contribution in [3.63, 3.8) is 0 Å². The van der Waals surface area contributed by atoms with Crippen molar-refractivity contribution in [3.05, 3.63) is 75.1 Å². The van der Waals surface area contributed by atoms with Crippen molar-refractivity contribution in [1.82, 2.24) is 0 Å². The molecule has 2 N–H and O–H groups in total. The Hall–Kier alpha value is -2.30. The number of fused-ring (bicyclic) bond motifs is 1. The van der Waals surface area contributed by atoms with Gasteiger partial charge in [0, 0.05) is 33.7 Å². The molecule has 0 fully saturated rings. The Morgan fingerprint density at radius 3 is 2.62 bits per heavy atom. The monoisotopic (exact) mass is 344 g/mol. The van der Waals surface area contributed by atoms with Crippen LogP contribution in [0.15, 0.2) is 57.7 Å². The molecule has 0 amide bonds. The Kier molecular flexibility index (Phi) is 4.88. The molecule has 1 heterocycles. The second-order valence-corrected chi connectivity index (χ2v) is 6.17. The number of halogens is 1. The van der Waals surface area contributed by atoms with Crippen LogP contribution < -0.4 is 15.7 Å². The molecular formula is C19H19ClNO3+. The van der Waals surface area contributed by atoms with Gasteiger partial charge in [-0.2, -0.15) is 0 Å². The van der Waals surface area contributed by atoms with E-state index in [0.29, 0.717) is 17.9 Å². The second kappa shape index (κ2) is 7.07. The number of nitrogens with two attached hydrogens (primary N) is 1. The van der Waals surface area contributed by atoms with Gasteiger partial charge < -0.3 is 14.5 Å². The van der Waals surface area contributed by atoms with Gasteiger partial charge >= 0.3 is 5.63 Å². The van der Waals surface area contributed by atoms with Crippen LogP contribution in [-0.2, 0) is 6.54 Å². The average molecular weight is 345 g/mol. The molecule has 0 aliphatic rings. The maximum Gasteiger partial charge on any atom is 0.336 e. The summed E-state index contributed by atoms with van der Waals surface area (Å²) in [5.74, 6) is 0.668. The Morgan fingerprint density at radius 2 is 1.92 bits per heavy atom. The molecule has 1 atom stereocenters. The lowest BCUT2D eigenvalue weighted by Crippen LogP contribution is -2.83. The maximum atomic E-state index is 11.8. The van der Waals surface area contributed by atoms with E-state index in [9.17, 15) is 4.79 Å². The SMILES string of the molecule is COc1ccc2c(C[NH2+][C@@H](C)c3ccc(Cl)cc3)cc(=O)oc2c1. The third-order valence-corrected chi connectivity index (χ3v) is 4.38. The molecule has 3 aromatic rings. The molecule has 4 nitrogen and oxygen atoms in total. The smallest absolute Gasteiger partial charge is 0.336 e. The maximum absolute atomic E-state index is 11.8. The highest BCUT2D eigenvalue weighted by molar-refractivity contribution is 6.30. The van der Waals surface area contributed by atoms with Gasteiger partial charge in [0.15, 0.2) is 0 Å². The van der Waals surface area contributed by atoms with Crippen LogP contribution in [0, 0.1) is 0 Å². The van der Waals surface area contributed by atoms with Gasteiger partial charge in [0.1, 0.15) is 23.9 Å². The molecule has 0 saturated carbocycles. The standard InChI is InChI=1S/C19H18ClNO3/c1-12(13-3-5-15(20)6-4-13)21-11-14-9-19(22)24-18-10-16(23-2)7-8-17(14)18/h3-10,12,21H,11H2,1-2H3/p+1/t12-/m0/s1. The van der Waals surface area contributed by atoms with Crippen LogP contribution in [-0.4, -0.2) is 7.11 Å². The van der Waals surface area contributed by atoms with Gasteiger partial charge in [-0.05, 0) is 31.2 Å². The normalized spacial score (nSPS) is 12.3. The van der Waals surface area contributed by atoms with Crippen molar-refractivity contribution in [1.29, 1.82) is 0 Å². The molecular weight excluding hydrogens is 326 g/mol. The second-order valence-electron chi connectivity index (χ2n) is 5.73. The molecule has 5 heteroatoms. The largest absolute Gasteiger partial charge is 0.497 e. The molecule has 0 aliphatic carbocycles. The first kappa shape index (κ1) is 16.6. The van der Waals surface area contributed by atoms with E-state index in [-0.39, 0.29) is 11.7 Å². The minimum atomic E-state index is -0.349. The van der Waals surface area contributed by atoms with Gasteiger partial charge in [0.2, 0.25) is 0 Å². The number of ether oxygens (including phenoxy) is 1. The van der Waals surface area contributed by atoms with Gasteiger partial charge in [-0.15, -0.1) is 0 Å². The number of benzene rings is 2. The van der Waals surface area contributed by atoms with E-state index in [1.165, 1.54) is 5.56 Å². The third kappa shape index (κ3) is 3.61. The van der Waals surface area contributed by atoms with Crippen molar-refractivity contribution in [2.24, 2.45) is 0 Å². The van der Waals surface area contributed by atoms with Crippen molar-refractivity contribution in [2.45, 2.75) is 19.5 Å². The molecule has 3 rings (SSSR count). The highest BCUT2D eigenvalue weighted by atomic mass is 35.5. The summed E-state index contributed by atoms with van der Waals surface area (Å²) in [6.07, 6.45) is 0. The van der Waals surface area contributed by atoms with E-state index < -0.39 is 0 Å². The predicted molar refractivity (Wildman–Crippen MR) is 94.5 cm³/mol. The van der Waals surface area contributed by atoms with Crippen molar-refractivity contribution in [2.75, 3.05) is 7.11 Å². The number of hydrogen-bond donors (Lipinski definition) is 1. The van der Waals surface area contributed by atoms with Crippen molar-refractivity contribution < 1.29 is 14.5 Å². The summed E-state index contributed by atoms with van der Waals surface area (Å²) in [5, 5.41) is 3.84. The van der Waals surface area contributed by atoms with E-state index in [0.717, 1.165) is 16.0 Å². The van der Waals surface area contributed by atoms with Crippen LogP contribution in [0.5, 0.6) is 5.75 Å². The highest BCUT2D eigenvalue weighted by Gasteiger charge is 2.12. The molecule has 2 aromatic carbocycles. The summed E-state index contributed by atoms with van der Waals surface area (Å²) in [7, 11) is 1.59. The van der Waals surface area contributed by atoms with Crippen LogP contribution >= 0.6 is 11.6 Å². The van der Waals surface area contributed by atoms with E-state index in [1.54, 1.807) is 19.2 Å². The summed E-state index contributed by atoms with van der Waals surface area (Å²) in [6, 6.07) is 15.2. The number of methoxy groups -OCH3 is 1. The Balaban J connectivity index is 1.84. The van der Waals surface area contributed by atoms with Crippen LogP contribution in [0.1, 0.15) is 24.1 Å². The summed E-state index contributed by atoms with van der Waals surface area (Å²) in [6.45, 7) is 2.80. The molecule has 0 bridgehead atoms. The Labute approximate surface area is 145 Å². The first-order valence-corrected chi connectivity index (χ1v) is 8.14. The number of rotatable bonds is 5. The van der Waals surface area contributed by atoms with Crippen LogP contribution in [0.3, 0.4) is 0 Å². The zero-order valence-electron chi connectivity index (χ0n) is 13.6. The van der Waals surface area contributed by atoms with Crippen LogP contribution in [0.25, 0.3) is 11.0 Å². The van der Waals surface area contributed by atoms with E-state index in [2.05, 4.69) is 12.2 Å². The third-order valence-electron chi connectivity index (χ3n) is 4.12. The van der Waals surface area contributed by atoms with Crippen LogP contribution in [0.2, 0.25) is 5.02 Å². The van der Waals surface area contributed by atoms with Gasteiger partial charge in [-0.25, -0.2) is 4.79 Å². The Morgan fingerprint density at radius 1 is 1.17 bits per heavy atom. The molecule has 0 spiro atoms. The first-order valence-electron chi connectivity index (χ1n) is 7.76. The fourth-order valence-corrected chi connectivity index (χ4v) is 2.84. The van der Waals surface area contributed by atoms with Crippen molar-refractivity contribution >= 4 is 22.6 Å². The first-order chi connectivity index (χ1) is 11.6. The van der Waals surface area contributed by atoms with Crippen molar-refractivity contribution in [3.8, 4) is 5.75 Å². The Bertz CT molecular complexity index is 903. The molecule has 0 saturated heterocycles. The molecule has 0 aliphatic heterocycles. The van der Waals surface area contributed by atoms with E-state index in [4.69, 9.17) is 20.8 Å². The average Bonchev–Trinajstić information content (AvgIpc) is 2.59. The zero-order valence-corrected chi connectivity index (χ0v) is 14.3. The number of quaternary nitrogens is 1. The quantitative estimate of drug-likeness (QED) is 0.723. The minimum absolute atomic E-state index is 0.253. The molecule has 0 unspecified atom stereocenters. The molecule has 0 radical (unpaired) electrons. The minimum Gasteiger partial charge on any atom is -0.497 e. The van der Waals surface area contributed by atoms with Crippen LogP contribution in [0.4, 0.5) is 0 Å². The lowest BCUT2D eigenvalue weighted by molar-refractivity contribution is -0.707. The van der Waals surface area contributed by atoms with E-state index in [1.807, 2.05) is 36.4 Å². The van der Waals surface area contributed by atoms with Gasteiger partial charge in [-0.1, -0.05) is 23.7 Å². The fraction of sp³-hybridized carbons (Fsp3) is 0.211. The van der Waals surface area contributed by atoms with Gasteiger partial charge in [0.25, 0.3) is 0 Å². The summed E-state index contributed by atoms with van der Waals surface area (Å²) >= 11 is 5.93. The highest BCUT2D eigenvalue weighted by Crippen LogP contribution is 2.22. The summed E-state index contributed by atoms with van der Waals surface area (Å²) in [4.78, 5) is 11.8. The lowest BCUT2D eigenvalue weighted by Gasteiger charge is -2.12. The lowest BCUT2D eigenvalue weighted by atomic mass is 10.1. The predicted octanol–water partition coefficient (Wildman–Crippen LogP) is 3.28. The van der Waals surface area contributed by atoms with Gasteiger partial charge in [-0.3, -0.25) is 0 Å². The topological polar surface area (TPSA) is 56.0 Å². The fourth-order valence-electron chi connectivity index (χ4n) is 2.71. The summed E-state index contributed by atoms with van der Waals surface area (Å²) < 4.78 is 10.5. The molecule has 24 heavy (non-hydrogen) atoms. The molecule has 1 aromatic heterocycles. The number of hydrogen-bond acceptors (Lipinski definition) is 3. The molecule has 124 valence electrons.